The van der Waals surface area contributed by atoms with Crippen LogP contribution in [-0.2, 0) is 4.74 Å². The highest BCUT2D eigenvalue weighted by Crippen LogP contribution is 2.47. The summed E-state index contributed by atoms with van der Waals surface area (Å²) < 4.78 is 5.36. The molecule has 0 bridgehead atoms. The maximum absolute atomic E-state index is 5.36. The van der Waals surface area contributed by atoms with Crippen LogP contribution in [0.5, 0.6) is 0 Å². The van der Waals surface area contributed by atoms with E-state index >= 15 is 0 Å². The molecule has 0 radical (unpaired) electrons. The summed E-state index contributed by atoms with van der Waals surface area (Å²) in [6.07, 6.45) is 10.0. The number of likely N-dealkylation sites (tertiary alicyclic amines) is 1. The van der Waals surface area contributed by atoms with Crippen molar-refractivity contribution in [1.29, 1.82) is 0 Å². The van der Waals surface area contributed by atoms with E-state index in [0.717, 1.165) is 45.1 Å². The minimum atomic E-state index is 0.638. The molecule has 1 N–H and O–H groups in total. The second kappa shape index (κ2) is 6.82. The largest absolute Gasteiger partial charge is 0.377 e. The lowest BCUT2D eigenvalue weighted by molar-refractivity contribution is 0.151. The number of hydrogen-bond donors (Lipinski definition) is 1. The molecule has 0 aromatic rings. The van der Waals surface area contributed by atoms with Crippen molar-refractivity contribution in [3.8, 4) is 0 Å². The van der Waals surface area contributed by atoms with Gasteiger partial charge in [0.05, 0.1) is 13.2 Å². The van der Waals surface area contributed by atoms with Gasteiger partial charge in [-0.25, -0.2) is 0 Å². The summed E-state index contributed by atoms with van der Waals surface area (Å²) in [6.45, 7) is 8.08. The van der Waals surface area contributed by atoms with Gasteiger partial charge in [-0.15, -0.1) is 0 Å². The van der Waals surface area contributed by atoms with Crippen LogP contribution < -0.4 is 5.32 Å². The van der Waals surface area contributed by atoms with E-state index < -0.39 is 0 Å². The van der Waals surface area contributed by atoms with Gasteiger partial charge in [-0.3, -0.25) is 4.99 Å². The fraction of sp³-hybridized carbons (Fsp3) is 0.824. The lowest BCUT2D eigenvalue weighted by Crippen LogP contribution is -2.42. The SMILES string of the molecule is CCNC(=NCCC1=CCOCC1)N1CCC2(CCC2)C1. The summed E-state index contributed by atoms with van der Waals surface area (Å²) in [5, 5.41) is 3.48. The molecule has 0 aromatic heterocycles. The molecule has 4 nitrogen and oxygen atoms in total. The predicted molar refractivity (Wildman–Crippen MR) is 86.6 cm³/mol. The monoisotopic (exact) mass is 291 g/mol. The molecule has 118 valence electrons. The third-order valence-electron chi connectivity index (χ3n) is 5.24. The van der Waals surface area contributed by atoms with E-state index in [1.807, 2.05) is 0 Å². The van der Waals surface area contributed by atoms with Crippen LogP contribution in [0.4, 0.5) is 0 Å². The molecule has 2 heterocycles. The third kappa shape index (κ3) is 3.60. The van der Waals surface area contributed by atoms with Gasteiger partial charge in [-0.1, -0.05) is 18.1 Å². The van der Waals surface area contributed by atoms with Crippen LogP contribution in [0.15, 0.2) is 16.6 Å². The smallest absolute Gasteiger partial charge is 0.193 e. The van der Waals surface area contributed by atoms with Crippen LogP contribution in [0.25, 0.3) is 0 Å². The first-order chi connectivity index (χ1) is 10.3. The highest BCUT2D eigenvalue weighted by Gasteiger charge is 2.43. The molecular weight excluding hydrogens is 262 g/mol. The molecule has 1 spiro atoms. The molecule has 3 rings (SSSR count). The first kappa shape index (κ1) is 14.9. The summed E-state index contributed by atoms with van der Waals surface area (Å²) >= 11 is 0. The van der Waals surface area contributed by atoms with E-state index in [4.69, 9.17) is 9.73 Å². The van der Waals surface area contributed by atoms with Gasteiger partial charge in [-0.05, 0) is 44.4 Å². The van der Waals surface area contributed by atoms with Crippen LogP contribution >= 0.6 is 0 Å². The van der Waals surface area contributed by atoms with E-state index in [2.05, 4.69) is 23.2 Å². The lowest BCUT2D eigenvalue weighted by Gasteiger charge is -2.38. The van der Waals surface area contributed by atoms with Crippen molar-refractivity contribution in [2.75, 3.05) is 39.4 Å². The maximum atomic E-state index is 5.36. The van der Waals surface area contributed by atoms with Crippen molar-refractivity contribution in [2.45, 2.75) is 45.4 Å². The van der Waals surface area contributed by atoms with Crippen molar-refractivity contribution in [3.05, 3.63) is 11.6 Å². The first-order valence-electron chi connectivity index (χ1n) is 8.60. The Kier molecular flexibility index (Phi) is 4.84. The average molecular weight is 291 g/mol. The molecule has 1 aliphatic carbocycles. The normalized spacial score (nSPS) is 24.9. The van der Waals surface area contributed by atoms with Crippen LogP contribution in [-0.4, -0.2) is 50.3 Å². The Hall–Kier alpha value is -1.03. The molecular formula is C17H29N3O. The molecule has 0 unspecified atom stereocenters. The predicted octanol–water partition coefficient (Wildman–Crippen LogP) is 2.56. The average Bonchev–Trinajstić information content (AvgIpc) is 2.93. The number of hydrogen-bond acceptors (Lipinski definition) is 2. The van der Waals surface area contributed by atoms with Crippen molar-refractivity contribution >= 4 is 5.96 Å². The zero-order valence-corrected chi connectivity index (χ0v) is 13.4. The molecule has 0 amide bonds. The van der Waals surface area contributed by atoms with Gasteiger partial charge in [0.1, 0.15) is 0 Å². The molecule has 1 saturated carbocycles. The standard InChI is InChI=1S/C17H29N3O/c1-2-18-16(19-10-4-15-5-12-21-13-6-15)20-11-9-17(14-20)7-3-8-17/h5H,2-4,6-14H2,1H3,(H,18,19). The van der Waals surface area contributed by atoms with Crippen molar-refractivity contribution < 1.29 is 4.74 Å². The van der Waals surface area contributed by atoms with E-state index in [9.17, 15) is 0 Å². The number of nitrogens with one attached hydrogen (secondary N) is 1. The highest BCUT2D eigenvalue weighted by atomic mass is 16.5. The minimum Gasteiger partial charge on any atom is -0.377 e. The lowest BCUT2D eigenvalue weighted by atomic mass is 9.68. The molecule has 4 heteroatoms. The summed E-state index contributed by atoms with van der Waals surface area (Å²) in [5.41, 5.74) is 2.15. The van der Waals surface area contributed by atoms with Gasteiger partial charge in [-0.2, -0.15) is 0 Å². The molecule has 2 aliphatic heterocycles. The van der Waals surface area contributed by atoms with Gasteiger partial charge in [0.2, 0.25) is 0 Å². The molecule has 0 aromatic carbocycles. The van der Waals surface area contributed by atoms with E-state index in [-0.39, 0.29) is 0 Å². The maximum Gasteiger partial charge on any atom is 0.193 e. The van der Waals surface area contributed by atoms with Gasteiger partial charge in [0.25, 0.3) is 0 Å². The number of rotatable bonds is 4. The minimum absolute atomic E-state index is 0.638. The summed E-state index contributed by atoms with van der Waals surface area (Å²) in [7, 11) is 0. The number of ether oxygens (including phenoxy) is 1. The van der Waals surface area contributed by atoms with E-state index in [1.165, 1.54) is 44.3 Å². The zero-order valence-electron chi connectivity index (χ0n) is 13.4. The Bertz CT molecular complexity index is 412. The first-order valence-corrected chi connectivity index (χ1v) is 8.60. The highest BCUT2D eigenvalue weighted by molar-refractivity contribution is 5.80. The Morgan fingerprint density at radius 3 is 2.95 bits per heavy atom. The Morgan fingerprint density at radius 1 is 1.43 bits per heavy atom. The zero-order chi connectivity index (χ0) is 14.5. The second-order valence-electron chi connectivity index (χ2n) is 6.70. The van der Waals surface area contributed by atoms with Crippen LogP contribution in [0.2, 0.25) is 0 Å². The van der Waals surface area contributed by atoms with Crippen LogP contribution in [0.1, 0.15) is 45.4 Å². The quantitative estimate of drug-likeness (QED) is 0.491. The number of guanidine groups is 1. The molecule has 0 atom stereocenters. The third-order valence-corrected chi connectivity index (χ3v) is 5.24. The van der Waals surface area contributed by atoms with E-state index in [0.29, 0.717) is 5.41 Å². The van der Waals surface area contributed by atoms with Crippen molar-refractivity contribution in [3.63, 3.8) is 0 Å². The molecule has 2 fully saturated rings. The Labute approximate surface area is 128 Å². The number of nitrogens with zero attached hydrogens (tertiary/aromatic N) is 2. The summed E-state index contributed by atoms with van der Waals surface area (Å²) in [4.78, 5) is 7.35. The second-order valence-corrected chi connectivity index (χ2v) is 6.70. The number of aliphatic imine (C=N–C) groups is 1. The van der Waals surface area contributed by atoms with Gasteiger partial charge in [0, 0.05) is 26.2 Å². The Morgan fingerprint density at radius 2 is 2.33 bits per heavy atom. The summed E-state index contributed by atoms with van der Waals surface area (Å²) in [6, 6.07) is 0. The van der Waals surface area contributed by atoms with Gasteiger partial charge < -0.3 is 15.0 Å². The van der Waals surface area contributed by atoms with Gasteiger partial charge in [0.15, 0.2) is 5.96 Å². The fourth-order valence-corrected chi connectivity index (χ4v) is 3.72. The van der Waals surface area contributed by atoms with E-state index in [1.54, 1.807) is 0 Å². The van der Waals surface area contributed by atoms with Gasteiger partial charge >= 0.3 is 0 Å². The fourth-order valence-electron chi connectivity index (χ4n) is 3.72. The topological polar surface area (TPSA) is 36.9 Å². The summed E-state index contributed by atoms with van der Waals surface area (Å²) in [5.74, 6) is 1.13. The van der Waals surface area contributed by atoms with Crippen molar-refractivity contribution in [1.82, 2.24) is 10.2 Å². The molecule has 1 saturated heterocycles. The molecule has 3 aliphatic rings. The van der Waals surface area contributed by atoms with Crippen LogP contribution in [0.3, 0.4) is 0 Å². The Balaban J connectivity index is 1.53. The molecule has 21 heavy (non-hydrogen) atoms. The van der Waals surface area contributed by atoms with Crippen molar-refractivity contribution in [2.24, 2.45) is 10.4 Å². The van der Waals surface area contributed by atoms with Crippen LogP contribution in [0, 0.1) is 5.41 Å².